The molecule has 0 saturated carbocycles. The third kappa shape index (κ3) is 4.06. The summed E-state index contributed by atoms with van der Waals surface area (Å²) >= 11 is 0. The number of amides is 4. The predicted octanol–water partition coefficient (Wildman–Crippen LogP) is 0.719. The molecule has 1 atom stereocenters. The van der Waals surface area contributed by atoms with Crippen molar-refractivity contribution in [2.45, 2.75) is 25.8 Å². The first-order chi connectivity index (χ1) is 10.9. The standard InChI is InChI=1S/C15H17N3O5/c1-9-4-2-3-5-11(9)17-15(23)18-10(7-13(18)20)6-12(19)16-8-14(21)22/h2-5,10H,6-8H2,1H3,(H,16,19)(H,17,23)(H,21,22). The van der Waals surface area contributed by atoms with Crippen molar-refractivity contribution >= 4 is 29.5 Å². The van der Waals surface area contributed by atoms with Crippen molar-refractivity contribution in [1.82, 2.24) is 10.2 Å². The van der Waals surface area contributed by atoms with Gasteiger partial charge >= 0.3 is 12.0 Å². The second-order valence-electron chi connectivity index (χ2n) is 5.24. The third-order valence-electron chi connectivity index (χ3n) is 3.51. The molecule has 8 nitrogen and oxygen atoms in total. The smallest absolute Gasteiger partial charge is 0.328 e. The van der Waals surface area contributed by atoms with Gasteiger partial charge in [0.05, 0.1) is 6.04 Å². The summed E-state index contributed by atoms with van der Waals surface area (Å²) < 4.78 is 0. The number of rotatable bonds is 5. The summed E-state index contributed by atoms with van der Waals surface area (Å²) in [7, 11) is 0. The maximum absolute atomic E-state index is 12.2. The number of para-hydroxylation sites is 1. The van der Waals surface area contributed by atoms with Crippen LogP contribution in [0.2, 0.25) is 0 Å². The van der Waals surface area contributed by atoms with Crippen LogP contribution in [0.3, 0.4) is 0 Å². The van der Waals surface area contributed by atoms with Crippen LogP contribution in [-0.4, -0.2) is 46.4 Å². The molecule has 1 aliphatic heterocycles. The van der Waals surface area contributed by atoms with Crippen molar-refractivity contribution in [3.63, 3.8) is 0 Å². The number of hydrogen-bond acceptors (Lipinski definition) is 4. The largest absolute Gasteiger partial charge is 0.480 e. The van der Waals surface area contributed by atoms with E-state index >= 15 is 0 Å². The number of carboxylic acids is 1. The van der Waals surface area contributed by atoms with Crippen molar-refractivity contribution in [1.29, 1.82) is 0 Å². The lowest BCUT2D eigenvalue weighted by Gasteiger charge is -2.38. The van der Waals surface area contributed by atoms with Crippen molar-refractivity contribution < 1.29 is 24.3 Å². The number of hydrogen-bond donors (Lipinski definition) is 3. The summed E-state index contributed by atoms with van der Waals surface area (Å²) in [4.78, 5) is 46.8. The normalized spacial score (nSPS) is 16.5. The number of imide groups is 1. The minimum Gasteiger partial charge on any atom is -0.480 e. The molecule has 8 heteroatoms. The third-order valence-corrected chi connectivity index (χ3v) is 3.51. The maximum Gasteiger partial charge on any atom is 0.328 e. The molecule has 23 heavy (non-hydrogen) atoms. The van der Waals surface area contributed by atoms with Crippen molar-refractivity contribution in [3.05, 3.63) is 29.8 Å². The number of β-lactam (4-membered cyclic amide) rings is 1. The molecule has 0 spiro atoms. The summed E-state index contributed by atoms with van der Waals surface area (Å²) in [5.41, 5.74) is 1.44. The highest BCUT2D eigenvalue weighted by molar-refractivity contribution is 6.06. The molecule has 0 aromatic heterocycles. The zero-order chi connectivity index (χ0) is 17.0. The summed E-state index contributed by atoms with van der Waals surface area (Å²) in [6, 6.07) is 5.98. The Bertz CT molecular complexity index is 658. The Hall–Kier alpha value is -2.90. The first-order valence-electron chi connectivity index (χ1n) is 7.05. The number of nitrogens with one attached hydrogen (secondary N) is 2. The first-order valence-corrected chi connectivity index (χ1v) is 7.05. The number of urea groups is 1. The van der Waals surface area contributed by atoms with Crippen molar-refractivity contribution in [2.75, 3.05) is 11.9 Å². The van der Waals surface area contributed by atoms with E-state index in [-0.39, 0.29) is 18.7 Å². The van der Waals surface area contributed by atoms with Crippen LogP contribution >= 0.6 is 0 Å². The molecule has 1 unspecified atom stereocenters. The van der Waals surface area contributed by atoms with Gasteiger partial charge in [-0.15, -0.1) is 0 Å². The predicted molar refractivity (Wildman–Crippen MR) is 80.7 cm³/mol. The molecule has 1 aliphatic rings. The number of carboxylic acid groups (broad SMARTS) is 1. The van der Waals surface area contributed by atoms with E-state index in [1.807, 2.05) is 19.1 Å². The number of carbonyl (C=O) groups excluding carboxylic acids is 3. The number of carbonyl (C=O) groups is 4. The van der Waals surface area contributed by atoms with Crippen LogP contribution in [-0.2, 0) is 14.4 Å². The molecule has 1 heterocycles. The van der Waals surface area contributed by atoms with Gasteiger partial charge in [0.25, 0.3) is 0 Å². The minimum atomic E-state index is -1.16. The molecular weight excluding hydrogens is 302 g/mol. The second kappa shape index (κ2) is 6.91. The molecule has 2 rings (SSSR count). The lowest BCUT2D eigenvalue weighted by Crippen LogP contribution is -2.58. The zero-order valence-electron chi connectivity index (χ0n) is 12.5. The molecule has 122 valence electrons. The molecule has 1 aromatic rings. The Labute approximate surface area is 132 Å². The van der Waals surface area contributed by atoms with Crippen LogP contribution < -0.4 is 10.6 Å². The highest BCUT2D eigenvalue weighted by Gasteiger charge is 2.41. The van der Waals surface area contributed by atoms with E-state index in [2.05, 4.69) is 10.6 Å². The quantitative estimate of drug-likeness (QED) is 0.692. The van der Waals surface area contributed by atoms with Gasteiger partial charge in [-0.3, -0.25) is 19.3 Å². The van der Waals surface area contributed by atoms with Crippen LogP contribution in [0.5, 0.6) is 0 Å². The van der Waals surface area contributed by atoms with Crippen LogP contribution in [0.4, 0.5) is 10.5 Å². The Balaban J connectivity index is 1.93. The lowest BCUT2D eigenvalue weighted by molar-refractivity contribution is -0.143. The van der Waals surface area contributed by atoms with E-state index in [9.17, 15) is 19.2 Å². The number of benzene rings is 1. The van der Waals surface area contributed by atoms with E-state index in [0.717, 1.165) is 10.5 Å². The highest BCUT2D eigenvalue weighted by atomic mass is 16.4. The molecule has 0 radical (unpaired) electrons. The van der Waals surface area contributed by atoms with Gasteiger partial charge in [-0.25, -0.2) is 4.79 Å². The number of nitrogens with zero attached hydrogens (tertiary/aromatic N) is 1. The van der Waals surface area contributed by atoms with Crippen LogP contribution in [0, 0.1) is 6.92 Å². The van der Waals surface area contributed by atoms with E-state index in [4.69, 9.17) is 5.11 Å². The van der Waals surface area contributed by atoms with Gasteiger partial charge in [-0.05, 0) is 18.6 Å². The Morgan fingerprint density at radius 3 is 2.61 bits per heavy atom. The van der Waals surface area contributed by atoms with E-state index in [0.29, 0.717) is 5.69 Å². The molecule has 1 fully saturated rings. The molecule has 0 bridgehead atoms. The number of aryl methyl sites for hydroxylation is 1. The maximum atomic E-state index is 12.2. The molecule has 1 saturated heterocycles. The molecule has 4 amide bonds. The van der Waals surface area contributed by atoms with Crippen LogP contribution in [0.15, 0.2) is 24.3 Å². The van der Waals surface area contributed by atoms with Gasteiger partial charge < -0.3 is 15.7 Å². The number of likely N-dealkylation sites (tertiary alicyclic amines) is 1. The number of anilines is 1. The van der Waals surface area contributed by atoms with Crippen molar-refractivity contribution in [2.24, 2.45) is 0 Å². The number of aliphatic carboxylic acids is 1. The van der Waals surface area contributed by atoms with Crippen molar-refractivity contribution in [3.8, 4) is 0 Å². The van der Waals surface area contributed by atoms with E-state index in [1.54, 1.807) is 12.1 Å². The molecule has 1 aromatic carbocycles. The Kier molecular flexibility index (Phi) is 4.95. The Morgan fingerprint density at radius 2 is 2.00 bits per heavy atom. The fourth-order valence-electron chi connectivity index (χ4n) is 2.27. The van der Waals surface area contributed by atoms with Crippen LogP contribution in [0.25, 0.3) is 0 Å². The fourth-order valence-corrected chi connectivity index (χ4v) is 2.27. The molecule has 3 N–H and O–H groups in total. The zero-order valence-corrected chi connectivity index (χ0v) is 12.5. The second-order valence-corrected chi connectivity index (χ2v) is 5.24. The van der Waals surface area contributed by atoms with Gasteiger partial charge in [-0.2, -0.15) is 0 Å². The fraction of sp³-hybridized carbons (Fsp3) is 0.333. The molecule has 0 aliphatic carbocycles. The summed E-state index contributed by atoms with van der Waals surface area (Å²) in [5, 5.41) is 13.3. The molecular formula is C15H17N3O5. The Morgan fingerprint density at radius 1 is 1.30 bits per heavy atom. The summed E-state index contributed by atoms with van der Waals surface area (Å²) in [5.74, 6) is -2.04. The monoisotopic (exact) mass is 319 g/mol. The highest BCUT2D eigenvalue weighted by Crippen LogP contribution is 2.24. The van der Waals surface area contributed by atoms with Gasteiger partial charge in [0, 0.05) is 18.5 Å². The average Bonchev–Trinajstić information content (AvgIpc) is 2.46. The van der Waals surface area contributed by atoms with Gasteiger partial charge in [0.1, 0.15) is 6.54 Å². The summed E-state index contributed by atoms with van der Waals surface area (Å²) in [6.07, 6.45) is -0.0259. The van der Waals surface area contributed by atoms with E-state index in [1.165, 1.54) is 0 Å². The minimum absolute atomic E-state index is 0.0850. The lowest BCUT2D eigenvalue weighted by atomic mass is 9.98. The van der Waals surface area contributed by atoms with Gasteiger partial charge in [-0.1, -0.05) is 18.2 Å². The van der Waals surface area contributed by atoms with Crippen LogP contribution in [0.1, 0.15) is 18.4 Å². The summed E-state index contributed by atoms with van der Waals surface area (Å²) in [6.45, 7) is 1.33. The first kappa shape index (κ1) is 16.5. The topological polar surface area (TPSA) is 116 Å². The average molecular weight is 319 g/mol. The van der Waals surface area contributed by atoms with Gasteiger partial charge in [0.15, 0.2) is 0 Å². The SMILES string of the molecule is Cc1ccccc1NC(=O)N1C(=O)CC1CC(=O)NCC(=O)O. The van der Waals surface area contributed by atoms with E-state index < -0.39 is 30.5 Å². The van der Waals surface area contributed by atoms with Gasteiger partial charge in [0.2, 0.25) is 11.8 Å².